The van der Waals surface area contributed by atoms with E-state index in [1.54, 1.807) is 0 Å². The number of ether oxygens (including phenoxy) is 3. The summed E-state index contributed by atoms with van der Waals surface area (Å²) in [7, 11) is 0. The molecule has 2 fully saturated rings. The molecule has 0 aromatic rings. The van der Waals surface area contributed by atoms with Gasteiger partial charge in [-0.3, -0.25) is 0 Å². The highest BCUT2D eigenvalue weighted by Crippen LogP contribution is 2.25. The van der Waals surface area contributed by atoms with Crippen LogP contribution < -0.4 is 0 Å². The summed E-state index contributed by atoms with van der Waals surface area (Å²) in [6.07, 6.45) is -0.0913. The van der Waals surface area contributed by atoms with Gasteiger partial charge in [0.05, 0.1) is 38.1 Å². The van der Waals surface area contributed by atoms with Crippen LogP contribution in [-0.2, 0) is 14.2 Å². The largest absolute Gasteiger partial charge is 0.394 e. The van der Waals surface area contributed by atoms with Crippen LogP contribution in [0.5, 0.6) is 0 Å². The molecule has 0 unspecified atom stereocenters. The first-order chi connectivity index (χ1) is 9.25. The third kappa shape index (κ3) is 4.00. The van der Waals surface area contributed by atoms with Crippen molar-refractivity contribution in [3.63, 3.8) is 0 Å². The topological polar surface area (TPSA) is 107 Å². The van der Waals surface area contributed by atoms with Gasteiger partial charge in [0.15, 0.2) is 6.29 Å². The fourth-order valence-corrected chi connectivity index (χ4v) is 2.40. The van der Waals surface area contributed by atoms with Crippen LogP contribution in [0.2, 0.25) is 0 Å². The van der Waals surface area contributed by atoms with Crippen molar-refractivity contribution in [2.45, 2.75) is 49.8 Å². The van der Waals surface area contributed by atoms with Crippen molar-refractivity contribution < 1.29 is 19.3 Å². The molecular weight excluding hydrogens is 256 g/mol. The Balaban J connectivity index is 1.86. The van der Waals surface area contributed by atoms with E-state index >= 15 is 0 Å². The maximum absolute atomic E-state index is 10.6. The molecule has 2 rings (SSSR count). The van der Waals surface area contributed by atoms with Crippen LogP contribution in [0.4, 0.5) is 0 Å². The molecule has 0 amide bonds. The van der Waals surface area contributed by atoms with Crippen molar-refractivity contribution in [3.05, 3.63) is 9.81 Å². The van der Waals surface area contributed by atoms with Crippen LogP contribution in [0.3, 0.4) is 0 Å². The van der Waals surface area contributed by atoms with Crippen molar-refractivity contribution in [3.8, 4) is 0 Å². The number of hydrogen-bond donors (Lipinski definition) is 1. The molecule has 0 radical (unpaired) electrons. The van der Waals surface area contributed by atoms with E-state index in [1.165, 1.54) is 0 Å². The Bertz CT molecular complexity index is 316. The molecule has 2 aliphatic rings. The zero-order valence-corrected chi connectivity index (χ0v) is 10.5. The molecule has 0 aromatic heterocycles. The van der Waals surface area contributed by atoms with Crippen LogP contribution >= 0.6 is 0 Å². The average molecular weight is 274 g/mol. The second kappa shape index (κ2) is 6.99. The van der Waals surface area contributed by atoms with Crippen molar-refractivity contribution in [1.82, 2.24) is 0 Å². The molecule has 0 bridgehead atoms. The molecule has 8 nitrogen and oxygen atoms in total. The van der Waals surface area contributed by atoms with E-state index in [0.717, 1.165) is 0 Å². The summed E-state index contributed by atoms with van der Waals surface area (Å²) in [4.78, 5) is 21.1. The Labute approximate surface area is 110 Å². The van der Waals surface area contributed by atoms with Gasteiger partial charge in [-0.15, -0.1) is 0 Å². The Kier molecular flexibility index (Phi) is 5.32. The smallest absolute Gasteiger partial charge is 0.160 e. The first-order valence-corrected chi connectivity index (χ1v) is 6.39. The lowest BCUT2D eigenvalue weighted by atomic mass is 10.0. The van der Waals surface area contributed by atoms with Crippen LogP contribution in [0.1, 0.15) is 19.3 Å². The zero-order chi connectivity index (χ0) is 13.7. The fraction of sp³-hybridized carbons (Fsp3) is 1.00. The third-order valence-corrected chi connectivity index (χ3v) is 3.34. The van der Waals surface area contributed by atoms with Crippen molar-refractivity contribution in [2.75, 3.05) is 19.8 Å². The van der Waals surface area contributed by atoms with Gasteiger partial charge in [0.25, 0.3) is 0 Å². The highest BCUT2D eigenvalue weighted by atomic mass is 16.7. The fourth-order valence-electron chi connectivity index (χ4n) is 2.40. The highest BCUT2D eigenvalue weighted by Gasteiger charge is 2.34. The summed E-state index contributed by atoms with van der Waals surface area (Å²) in [6.45, 7) is 0.507. The van der Waals surface area contributed by atoms with Gasteiger partial charge in [-0.1, -0.05) is 10.4 Å². The van der Waals surface area contributed by atoms with E-state index in [-0.39, 0.29) is 12.7 Å². The number of nitrogens with zero attached hydrogens (tertiary/aromatic N) is 2. The Morgan fingerprint density at radius 2 is 1.89 bits per heavy atom. The highest BCUT2D eigenvalue weighted by molar-refractivity contribution is 4.81. The molecule has 5 atom stereocenters. The quantitative estimate of drug-likeness (QED) is 0.734. The molecule has 0 saturated carbocycles. The molecule has 0 aliphatic carbocycles. The predicted molar refractivity (Wildman–Crippen MR) is 64.5 cm³/mol. The molecule has 108 valence electrons. The molecular formula is C11H18N2O6. The van der Waals surface area contributed by atoms with E-state index in [9.17, 15) is 9.81 Å². The molecule has 2 aliphatic heterocycles. The van der Waals surface area contributed by atoms with Gasteiger partial charge < -0.3 is 19.3 Å². The number of rotatable bonds is 5. The van der Waals surface area contributed by atoms with Gasteiger partial charge in [0.2, 0.25) is 0 Å². The molecule has 19 heavy (non-hydrogen) atoms. The molecule has 1 N–H and O–H groups in total. The maximum Gasteiger partial charge on any atom is 0.160 e. The average Bonchev–Trinajstić information content (AvgIpc) is 2.47. The minimum atomic E-state index is -0.604. The van der Waals surface area contributed by atoms with Gasteiger partial charge in [-0.2, -0.15) is 9.81 Å². The van der Waals surface area contributed by atoms with E-state index in [1.807, 2.05) is 0 Å². The molecule has 8 heteroatoms. The van der Waals surface area contributed by atoms with Gasteiger partial charge >= 0.3 is 0 Å². The lowest BCUT2D eigenvalue weighted by Crippen LogP contribution is -2.43. The van der Waals surface area contributed by atoms with Crippen LogP contribution in [0, 0.1) is 9.81 Å². The van der Waals surface area contributed by atoms with Gasteiger partial charge in [0, 0.05) is 19.3 Å². The number of aliphatic hydroxyl groups is 1. The van der Waals surface area contributed by atoms with Gasteiger partial charge in [0.1, 0.15) is 6.04 Å². The normalized spacial score (nSPS) is 39.7. The Morgan fingerprint density at radius 3 is 2.58 bits per heavy atom. The summed E-state index contributed by atoms with van der Waals surface area (Å²) < 4.78 is 16.4. The van der Waals surface area contributed by atoms with Gasteiger partial charge in [-0.25, -0.2) is 0 Å². The standard InChI is InChI=1S/C11H18N2O6/c14-4-9-1-7(12-15)3-11(18-9)19-10-2-8(13-16)5-17-6-10/h7-11,14H,1-6H2/t7-,8+,9-,10-,11-/m1/s1. The van der Waals surface area contributed by atoms with Crippen LogP contribution in [-0.4, -0.2) is 55.5 Å². The monoisotopic (exact) mass is 274 g/mol. The van der Waals surface area contributed by atoms with Crippen molar-refractivity contribution in [1.29, 1.82) is 0 Å². The summed E-state index contributed by atoms with van der Waals surface area (Å²) >= 11 is 0. The molecule has 2 saturated heterocycles. The summed E-state index contributed by atoms with van der Waals surface area (Å²) in [6, 6.07) is -0.823. The minimum absolute atomic E-state index is 0.175. The van der Waals surface area contributed by atoms with Crippen molar-refractivity contribution in [2.24, 2.45) is 10.4 Å². The van der Waals surface area contributed by atoms with Gasteiger partial charge in [-0.05, 0) is 0 Å². The summed E-state index contributed by atoms with van der Waals surface area (Å²) in [5.74, 6) is 0. The predicted octanol–water partition coefficient (Wildman–Crippen LogP) is 0.559. The SMILES string of the molecule is O=N[C@@H]1COC[C@H](O[C@@H]2C[C@H](N=O)C[C@H](CO)O2)C1. The number of aliphatic hydroxyl groups excluding tert-OH is 1. The second-order valence-electron chi connectivity index (χ2n) is 4.89. The number of nitroso groups, excluding NO2 is 2. The van der Waals surface area contributed by atoms with E-state index in [0.29, 0.717) is 32.5 Å². The first kappa shape index (κ1) is 14.4. The third-order valence-electron chi connectivity index (χ3n) is 3.34. The second-order valence-corrected chi connectivity index (χ2v) is 4.89. The molecule has 0 spiro atoms. The Hall–Kier alpha value is -0.960. The van der Waals surface area contributed by atoms with Crippen LogP contribution in [0.15, 0.2) is 10.4 Å². The maximum atomic E-state index is 10.6. The molecule has 2 heterocycles. The number of hydrogen-bond acceptors (Lipinski definition) is 8. The first-order valence-electron chi connectivity index (χ1n) is 6.39. The molecule has 0 aromatic carbocycles. The minimum Gasteiger partial charge on any atom is -0.394 e. The Morgan fingerprint density at radius 1 is 1.11 bits per heavy atom. The summed E-state index contributed by atoms with van der Waals surface area (Å²) in [5.41, 5.74) is 0. The van der Waals surface area contributed by atoms with E-state index in [2.05, 4.69) is 10.4 Å². The van der Waals surface area contributed by atoms with Crippen LogP contribution in [0.25, 0.3) is 0 Å². The lowest BCUT2D eigenvalue weighted by Gasteiger charge is -2.35. The van der Waals surface area contributed by atoms with Crippen molar-refractivity contribution >= 4 is 0 Å². The lowest BCUT2D eigenvalue weighted by molar-refractivity contribution is -0.236. The zero-order valence-electron chi connectivity index (χ0n) is 10.5. The summed E-state index contributed by atoms with van der Waals surface area (Å²) in [5, 5.41) is 15.1. The van der Waals surface area contributed by atoms with E-state index in [4.69, 9.17) is 19.3 Å². The van der Waals surface area contributed by atoms with E-state index < -0.39 is 24.5 Å².